The zero-order valence-corrected chi connectivity index (χ0v) is 9.30. The Kier molecular flexibility index (Phi) is 2.35. The van der Waals surface area contributed by atoms with Crippen LogP contribution in [0, 0.1) is 17.0 Å². The van der Waals surface area contributed by atoms with Gasteiger partial charge in [-0.1, -0.05) is 0 Å². The lowest BCUT2D eigenvalue weighted by atomic mass is 10.1. The molecule has 88 valence electrons. The number of hydrogen-bond acceptors (Lipinski definition) is 3. The number of aromatic nitrogens is 1. The Hall–Kier alpha value is -2.37. The van der Waals surface area contributed by atoms with Crippen molar-refractivity contribution >= 4 is 22.6 Å². The molecule has 1 heterocycles. The lowest BCUT2D eigenvalue weighted by molar-refractivity contribution is -0.384. The number of aromatic carboxylic acids is 1. The third kappa shape index (κ3) is 1.54. The highest BCUT2D eigenvalue weighted by molar-refractivity contribution is 6.05. The summed E-state index contributed by atoms with van der Waals surface area (Å²) in [4.78, 5) is 21.3. The van der Waals surface area contributed by atoms with E-state index in [1.165, 1.54) is 12.1 Å². The van der Waals surface area contributed by atoms with Crippen LogP contribution >= 0.6 is 0 Å². The molecule has 2 rings (SSSR count). The van der Waals surface area contributed by atoms with Gasteiger partial charge in [-0.2, -0.15) is 0 Å². The average Bonchev–Trinajstić information content (AvgIpc) is 2.51. The van der Waals surface area contributed by atoms with Crippen molar-refractivity contribution in [2.75, 3.05) is 0 Å². The smallest absolute Gasteiger partial charge is 0.338 e. The van der Waals surface area contributed by atoms with E-state index in [1.807, 2.05) is 0 Å². The van der Waals surface area contributed by atoms with Crippen molar-refractivity contribution in [1.82, 2.24) is 4.57 Å². The largest absolute Gasteiger partial charge is 0.478 e. The van der Waals surface area contributed by atoms with E-state index in [0.717, 1.165) is 0 Å². The van der Waals surface area contributed by atoms with Crippen molar-refractivity contribution in [3.8, 4) is 0 Å². The highest BCUT2D eigenvalue weighted by atomic mass is 16.6. The molecule has 17 heavy (non-hydrogen) atoms. The molecule has 1 N–H and O–H groups in total. The van der Waals surface area contributed by atoms with E-state index < -0.39 is 10.9 Å². The number of fused-ring (bicyclic) bond motifs is 1. The van der Waals surface area contributed by atoms with Crippen LogP contribution in [0.2, 0.25) is 0 Å². The number of nitrogens with zero attached hydrogens (tertiary/aromatic N) is 2. The van der Waals surface area contributed by atoms with Gasteiger partial charge in [0.25, 0.3) is 5.69 Å². The molecular formula is C11H10N2O4. The summed E-state index contributed by atoms with van der Waals surface area (Å²) in [6.45, 7) is 1.68. The summed E-state index contributed by atoms with van der Waals surface area (Å²) in [5.74, 6) is -1.08. The van der Waals surface area contributed by atoms with E-state index in [1.54, 1.807) is 24.6 Å². The number of nitro benzene ring substituents is 1. The normalized spacial score (nSPS) is 10.7. The Morgan fingerprint density at radius 2 is 2.12 bits per heavy atom. The SMILES string of the molecule is Cc1c(C(=O)O)c2cc([N+](=O)[O-])ccc2n1C. The third-order valence-corrected chi connectivity index (χ3v) is 2.90. The van der Waals surface area contributed by atoms with Gasteiger partial charge in [-0.25, -0.2) is 4.79 Å². The molecule has 0 aliphatic heterocycles. The van der Waals surface area contributed by atoms with Crippen LogP contribution in [0.1, 0.15) is 16.1 Å². The van der Waals surface area contributed by atoms with Crippen molar-refractivity contribution < 1.29 is 14.8 Å². The van der Waals surface area contributed by atoms with E-state index >= 15 is 0 Å². The van der Waals surface area contributed by atoms with Crippen LogP contribution in [0.5, 0.6) is 0 Å². The lowest BCUT2D eigenvalue weighted by Crippen LogP contribution is -1.99. The number of benzene rings is 1. The molecule has 0 aliphatic rings. The van der Waals surface area contributed by atoms with Gasteiger partial charge in [-0.3, -0.25) is 10.1 Å². The Bertz CT molecular complexity index is 642. The number of nitro groups is 1. The Morgan fingerprint density at radius 1 is 1.47 bits per heavy atom. The van der Waals surface area contributed by atoms with Crippen molar-refractivity contribution in [2.45, 2.75) is 6.92 Å². The van der Waals surface area contributed by atoms with Gasteiger partial charge in [-0.05, 0) is 13.0 Å². The third-order valence-electron chi connectivity index (χ3n) is 2.90. The van der Waals surface area contributed by atoms with Crippen LogP contribution in [0.25, 0.3) is 10.9 Å². The monoisotopic (exact) mass is 234 g/mol. The molecule has 0 bridgehead atoms. The molecule has 0 saturated carbocycles. The topological polar surface area (TPSA) is 85.4 Å². The molecule has 6 heteroatoms. The summed E-state index contributed by atoms with van der Waals surface area (Å²) < 4.78 is 1.71. The van der Waals surface area contributed by atoms with Gasteiger partial charge < -0.3 is 9.67 Å². The summed E-state index contributed by atoms with van der Waals surface area (Å²) in [6.07, 6.45) is 0. The van der Waals surface area contributed by atoms with Crippen LogP contribution in [0.3, 0.4) is 0 Å². The molecule has 0 atom stereocenters. The molecule has 6 nitrogen and oxygen atoms in total. The van der Waals surface area contributed by atoms with Gasteiger partial charge in [0.15, 0.2) is 0 Å². The van der Waals surface area contributed by atoms with Gasteiger partial charge in [0.1, 0.15) is 0 Å². The second-order valence-electron chi connectivity index (χ2n) is 3.78. The van der Waals surface area contributed by atoms with Crippen molar-refractivity contribution in [3.05, 3.63) is 39.6 Å². The number of carbonyl (C=O) groups is 1. The van der Waals surface area contributed by atoms with Gasteiger partial charge in [-0.15, -0.1) is 0 Å². The fourth-order valence-electron chi connectivity index (χ4n) is 1.94. The summed E-state index contributed by atoms with van der Waals surface area (Å²) in [7, 11) is 1.73. The van der Waals surface area contributed by atoms with Crippen LogP contribution in [0.15, 0.2) is 18.2 Å². The van der Waals surface area contributed by atoms with Crippen LogP contribution in [0.4, 0.5) is 5.69 Å². The van der Waals surface area contributed by atoms with Gasteiger partial charge in [0, 0.05) is 35.8 Å². The molecule has 0 unspecified atom stereocenters. The number of non-ortho nitro benzene ring substituents is 1. The molecule has 0 aliphatic carbocycles. The predicted octanol–water partition coefficient (Wildman–Crippen LogP) is 2.09. The van der Waals surface area contributed by atoms with Crippen molar-refractivity contribution in [1.29, 1.82) is 0 Å². The van der Waals surface area contributed by atoms with Gasteiger partial charge in [0.2, 0.25) is 0 Å². The Balaban J connectivity index is 2.88. The summed E-state index contributed by atoms with van der Waals surface area (Å²) in [5.41, 5.74) is 1.26. The van der Waals surface area contributed by atoms with E-state index in [2.05, 4.69) is 0 Å². The number of rotatable bonds is 2. The zero-order valence-electron chi connectivity index (χ0n) is 9.30. The quantitative estimate of drug-likeness (QED) is 0.636. The van der Waals surface area contributed by atoms with Crippen LogP contribution in [-0.2, 0) is 7.05 Å². The second kappa shape index (κ2) is 3.58. The second-order valence-corrected chi connectivity index (χ2v) is 3.78. The van der Waals surface area contributed by atoms with E-state index in [-0.39, 0.29) is 11.3 Å². The van der Waals surface area contributed by atoms with Crippen LogP contribution < -0.4 is 0 Å². The zero-order chi connectivity index (χ0) is 12.7. The molecule has 0 radical (unpaired) electrons. The molecule has 0 saturated heterocycles. The summed E-state index contributed by atoms with van der Waals surface area (Å²) in [6, 6.07) is 4.23. The standard InChI is InChI=1S/C11H10N2O4/c1-6-10(11(14)15)8-5-7(13(16)17)3-4-9(8)12(6)2/h3-5H,1-2H3,(H,14,15). The molecule has 2 aromatic rings. The first-order chi connectivity index (χ1) is 7.93. The Morgan fingerprint density at radius 3 is 2.65 bits per heavy atom. The lowest BCUT2D eigenvalue weighted by Gasteiger charge is -1.97. The van der Waals surface area contributed by atoms with E-state index in [9.17, 15) is 14.9 Å². The maximum absolute atomic E-state index is 11.1. The first-order valence-corrected chi connectivity index (χ1v) is 4.90. The summed E-state index contributed by atoms with van der Waals surface area (Å²) >= 11 is 0. The first-order valence-electron chi connectivity index (χ1n) is 4.90. The first kappa shape index (κ1) is 11.1. The number of carboxylic acid groups (broad SMARTS) is 1. The number of hydrogen-bond donors (Lipinski definition) is 1. The number of carboxylic acids is 1. The van der Waals surface area contributed by atoms with Gasteiger partial charge >= 0.3 is 5.97 Å². The molecule has 0 fully saturated rings. The number of aryl methyl sites for hydroxylation is 1. The maximum atomic E-state index is 11.1. The van der Waals surface area contributed by atoms with Gasteiger partial charge in [0.05, 0.1) is 10.5 Å². The van der Waals surface area contributed by atoms with Crippen molar-refractivity contribution in [2.24, 2.45) is 7.05 Å². The molecule has 1 aromatic carbocycles. The average molecular weight is 234 g/mol. The van der Waals surface area contributed by atoms with E-state index in [0.29, 0.717) is 16.6 Å². The minimum absolute atomic E-state index is 0.106. The highest BCUT2D eigenvalue weighted by Crippen LogP contribution is 2.28. The Labute approximate surface area is 96.2 Å². The molecular weight excluding hydrogens is 224 g/mol. The molecule has 1 aromatic heterocycles. The molecule has 0 spiro atoms. The van der Waals surface area contributed by atoms with Crippen molar-refractivity contribution in [3.63, 3.8) is 0 Å². The van der Waals surface area contributed by atoms with Crippen LogP contribution in [-0.4, -0.2) is 20.6 Å². The summed E-state index contributed by atoms with van der Waals surface area (Å²) in [5, 5.41) is 20.2. The minimum atomic E-state index is -1.08. The fourth-order valence-corrected chi connectivity index (χ4v) is 1.94. The predicted molar refractivity (Wildman–Crippen MR) is 61.3 cm³/mol. The maximum Gasteiger partial charge on any atom is 0.338 e. The van der Waals surface area contributed by atoms with E-state index in [4.69, 9.17) is 5.11 Å². The fraction of sp³-hybridized carbons (Fsp3) is 0.182. The highest BCUT2D eigenvalue weighted by Gasteiger charge is 2.19. The minimum Gasteiger partial charge on any atom is -0.478 e. The molecule has 0 amide bonds.